The number of amides is 2. The Kier molecular flexibility index (Phi) is 13.5. The number of nitrogens with zero attached hydrogens (tertiary/aromatic N) is 10. The first kappa shape index (κ1) is 45.8. The summed E-state index contributed by atoms with van der Waals surface area (Å²) >= 11 is 2.58. The second kappa shape index (κ2) is 20.3. The quantitative estimate of drug-likeness (QED) is 0.0666. The summed E-state index contributed by atoms with van der Waals surface area (Å²) in [6.07, 6.45) is 18.0. The van der Waals surface area contributed by atoms with Crippen molar-refractivity contribution in [3.8, 4) is 43.9 Å². The summed E-state index contributed by atoms with van der Waals surface area (Å²) in [5.74, 6) is -3.28. The number of thiazole rings is 2. The van der Waals surface area contributed by atoms with Crippen LogP contribution in [0.15, 0.2) is 72.3 Å². The smallest absolute Gasteiger partial charge is 0.275 e. The van der Waals surface area contributed by atoms with Gasteiger partial charge in [0.05, 0.1) is 54.7 Å². The van der Waals surface area contributed by atoms with Gasteiger partial charge in [-0.25, -0.2) is 23.7 Å². The van der Waals surface area contributed by atoms with E-state index in [9.17, 15) is 14.0 Å². The van der Waals surface area contributed by atoms with Crippen LogP contribution in [0.2, 0.25) is 0 Å². The normalized spacial score (nSPS) is 18.4. The third-order valence-corrected chi connectivity index (χ3v) is 14.0. The fourth-order valence-corrected chi connectivity index (χ4v) is 10.3. The first-order valence-electron chi connectivity index (χ1n) is 22.6. The van der Waals surface area contributed by atoms with E-state index in [1.165, 1.54) is 28.7 Å². The summed E-state index contributed by atoms with van der Waals surface area (Å²) in [7, 11) is 0. The molecule has 0 atom stereocenters. The summed E-state index contributed by atoms with van der Waals surface area (Å²) < 4.78 is 61.1. The van der Waals surface area contributed by atoms with Crippen molar-refractivity contribution in [3.63, 3.8) is 0 Å². The maximum Gasteiger partial charge on any atom is 0.275 e. The first-order valence-corrected chi connectivity index (χ1v) is 24.3. The second-order valence-corrected chi connectivity index (χ2v) is 18.5. The third-order valence-electron chi connectivity index (χ3n) is 12.3. The van der Waals surface area contributed by atoms with E-state index in [2.05, 4.69) is 56.1 Å². The highest BCUT2D eigenvalue weighted by molar-refractivity contribution is 7.13. The lowest BCUT2D eigenvalue weighted by atomic mass is 9.93. The molecule has 0 radical (unpaired) electrons. The molecule has 8 aromatic rings. The maximum absolute atomic E-state index is 16.1. The number of hydrogen-bond donors (Lipinski definition) is 4. The van der Waals surface area contributed by atoms with Gasteiger partial charge < -0.3 is 20.1 Å². The number of rotatable bonds is 16. The largest absolute Gasteiger partial charge is 0.379 e. The van der Waals surface area contributed by atoms with E-state index < -0.39 is 29.4 Å². The second-order valence-electron chi connectivity index (χ2n) is 16.8. The highest BCUT2D eigenvalue weighted by Crippen LogP contribution is 2.37. The molecule has 2 aliphatic carbocycles. The van der Waals surface area contributed by atoms with E-state index >= 15 is 8.78 Å². The Bertz CT molecular complexity index is 3050. The fraction of sp³-hybridized carbons (Fsp3) is 0.348. The van der Waals surface area contributed by atoms with Gasteiger partial charge in [0, 0.05) is 59.5 Å². The molecule has 8 heterocycles. The Morgan fingerprint density at radius 1 is 0.696 bits per heavy atom. The summed E-state index contributed by atoms with van der Waals surface area (Å²) in [6.45, 7) is 2.95. The van der Waals surface area contributed by atoms with E-state index in [0.29, 0.717) is 66.6 Å². The number of anilines is 2. The third kappa shape index (κ3) is 10.3. The Balaban J connectivity index is 0.783. The van der Waals surface area contributed by atoms with Crippen molar-refractivity contribution >= 4 is 45.9 Å². The van der Waals surface area contributed by atoms with Crippen LogP contribution in [0.4, 0.5) is 24.5 Å². The van der Waals surface area contributed by atoms with Crippen molar-refractivity contribution in [2.75, 3.05) is 23.8 Å². The van der Waals surface area contributed by atoms with Gasteiger partial charge in [-0.15, -0.1) is 22.7 Å². The molecule has 2 amide bonds. The van der Waals surface area contributed by atoms with Gasteiger partial charge in [-0.05, 0) is 88.5 Å². The molecule has 8 aromatic heterocycles. The minimum atomic E-state index is -0.892. The van der Waals surface area contributed by atoms with Crippen molar-refractivity contribution < 1.29 is 32.2 Å². The van der Waals surface area contributed by atoms with Gasteiger partial charge in [0.2, 0.25) is 5.95 Å². The number of halogens is 3. The topological polar surface area (TPSA) is 221 Å². The monoisotopic (exact) mass is 978 g/mol. The van der Waals surface area contributed by atoms with E-state index in [1.54, 1.807) is 63.5 Å². The number of H-pyrrole nitrogens is 2. The van der Waals surface area contributed by atoms with Crippen LogP contribution in [-0.2, 0) is 15.9 Å². The summed E-state index contributed by atoms with van der Waals surface area (Å²) in [5.41, 5.74) is 2.82. The number of carbonyl (C=O) groups excluding carboxylic acids is 2. The highest BCUT2D eigenvalue weighted by atomic mass is 32.1. The Hall–Kier alpha value is -6.95. The van der Waals surface area contributed by atoms with E-state index in [4.69, 9.17) is 14.6 Å². The first-order chi connectivity index (χ1) is 33.6. The number of nitrogens with one attached hydrogen (secondary N) is 4. The number of ether oxygens (including phenoxy) is 2. The number of hydrogen-bond acceptors (Lipinski definition) is 14. The molecule has 0 bridgehead atoms. The van der Waals surface area contributed by atoms with Gasteiger partial charge >= 0.3 is 0 Å². The SMILES string of the molecule is CCOC1CCC(n2cc(NC(=O)c3csc(-c4cn[nH]c4)n3)c(-c3ncc(CCOC4CCC(n5cc(NC(=O)c6csc(-c7cn[nH]c7)n6)c(-c6nc(F)ccc6F)n5)CC4)cc3F)n2)CC1. The van der Waals surface area contributed by atoms with E-state index in [1.807, 2.05) is 6.92 Å². The van der Waals surface area contributed by atoms with Crippen LogP contribution < -0.4 is 10.6 Å². The molecule has 0 aromatic carbocycles. The molecule has 69 heavy (non-hydrogen) atoms. The van der Waals surface area contributed by atoms with E-state index in [0.717, 1.165) is 48.9 Å². The Morgan fingerprint density at radius 2 is 1.25 bits per heavy atom. The van der Waals surface area contributed by atoms with Crippen LogP contribution >= 0.6 is 22.7 Å². The lowest BCUT2D eigenvalue weighted by molar-refractivity contribution is 0.0200. The zero-order chi connectivity index (χ0) is 47.4. The summed E-state index contributed by atoms with van der Waals surface area (Å²) in [4.78, 5) is 44.1. The number of pyridine rings is 2. The van der Waals surface area contributed by atoms with Crippen molar-refractivity contribution in [2.24, 2.45) is 0 Å². The molecular formula is C46H45F3N14O4S2. The molecule has 0 unspecified atom stereocenters. The van der Waals surface area contributed by atoms with Gasteiger partial charge in [-0.3, -0.25) is 34.1 Å². The summed E-state index contributed by atoms with van der Waals surface area (Å²) in [5, 5.41) is 33.0. The van der Waals surface area contributed by atoms with Gasteiger partial charge in [-0.1, -0.05) is 0 Å². The zero-order valence-corrected chi connectivity index (χ0v) is 38.7. The molecule has 10 rings (SSSR count). The standard InChI is InChI=1S/C46H45F3N14O4S2/c1-2-66-30-7-3-28(4-8-30)62-21-34(55-43(64)36-23-68-45(57-36)26-17-51-52-18-26)41(60-62)39-33(48)15-25(16-50-39)13-14-67-31-9-5-29(6-10-31)63-22-35(42(61-63)40-32(47)11-12-38(49)59-40)56-44(65)37-24-69-46(58-37)27-19-53-54-20-27/h11-12,15-24,28-31H,2-10,13-14H2,1H3,(H,51,52)(H,53,54)(H,55,64)(H,56,65). The molecule has 0 aliphatic heterocycles. The predicted molar refractivity (Wildman–Crippen MR) is 250 cm³/mol. The van der Waals surface area contributed by atoms with Crippen molar-refractivity contribution in [1.82, 2.24) is 59.9 Å². The van der Waals surface area contributed by atoms with E-state index in [-0.39, 0.29) is 64.1 Å². The average Bonchev–Trinajstić information content (AvgIpc) is 4.21. The zero-order valence-electron chi connectivity index (χ0n) is 37.1. The predicted octanol–water partition coefficient (Wildman–Crippen LogP) is 9.08. The molecule has 18 nitrogen and oxygen atoms in total. The Morgan fingerprint density at radius 3 is 1.77 bits per heavy atom. The van der Waals surface area contributed by atoms with Crippen molar-refractivity contribution in [2.45, 2.75) is 89.0 Å². The fourth-order valence-electron chi connectivity index (χ4n) is 8.72. The average molecular weight is 979 g/mol. The molecule has 0 saturated heterocycles. The van der Waals surface area contributed by atoms with Gasteiger partial charge in [0.25, 0.3) is 11.8 Å². The minimum Gasteiger partial charge on any atom is -0.379 e. The molecule has 0 spiro atoms. The van der Waals surface area contributed by atoms with Crippen LogP contribution in [0.1, 0.15) is 96.9 Å². The molecule has 356 valence electrons. The van der Waals surface area contributed by atoms with Crippen LogP contribution in [0.25, 0.3) is 43.9 Å². The maximum atomic E-state index is 16.1. The van der Waals surface area contributed by atoms with Crippen molar-refractivity contribution in [3.05, 3.63) is 107 Å². The van der Waals surface area contributed by atoms with Crippen LogP contribution in [0.3, 0.4) is 0 Å². The van der Waals surface area contributed by atoms with Crippen LogP contribution in [0, 0.1) is 17.6 Å². The number of carbonyl (C=O) groups is 2. The molecule has 4 N–H and O–H groups in total. The lowest BCUT2D eigenvalue weighted by Gasteiger charge is -2.28. The minimum absolute atomic E-state index is 0.00971. The van der Waals surface area contributed by atoms with Crippen LogP contribution in [-0.4, -0.2) is 97.1 Å². The highest BCUT2D eigenvalue weighted by Gasteiger charge is 2.29. The lowest BCUT2D eigenvalue weighted by Crippen LogP contribution is -2.24. The van der Waals surface area contributed by atoms with Crippen LogP contribution in [0.5, 0.6) is 0 Å². The number of aromatic amines is 2. The Labute approximate surface area is 400 Å². The molecule has 2 aliphatic rings. The number of aromatic nitrogens is 12. The molecule has 23 heteroatoms. The van der Waals surface area contributed by atoms with Gasteiger partial charge in [0.15, 0.2) is 11.6 Å². The van der Waals surface area contributed by atoms with Crippen molar-refractivity contribution in [1.29, 1.82) is 0 Å². The van der Waals surface area contributed by atoms with Gasteiger partial charge in [0.1, 0.15) is 44.2 Å². The molecular weight excluding hydrogens is 934 g/mol. The summed E-state index contributed by atoms with van der Waals surface area (Å²) in [6, 6.07) is 3.21. The molecule has 2 fully saturated rings. The molecule has 2 saturated carbocycles. The van der Waals surface area contributed by atoms with Gasteiger partial charge in [-0.2, -0.15) is 24.8 Å².